The van der Waals surface area contributed by atoms with Gasteiger partial charge in [-0.1, -0.05) is 47.8 Å². The van der Waals surface area contributed by atoms with Gasteiger partial charge in [-0.05, 0) is 68.8 Å². The van der Waals surface area contributed by atoms with Gasteiger partial charge in [0.1, 0.15) is 18.0 Å². The number of fused-ring (bicyclic) bond motifs is 2. The molecule has 4 heterocycles. The molecule has 0 saturated carbocycles. The number of aromatic nitrogens is 1. The van der Waals surface area contributed by atoms with E-state index in [4.69, 9.17) is 28.7 Å². The third kappa shape index (κ3) is 8.26. The van der Waals surface area contributed by atoms with Crippen molar-refractivity contribution in [2.45, 2.75) is 64.6 Å². The molecule has 3 aliphatic heterocycles. The summed E-state index contributed by atoms with van der Waals surface area (Å²) in [6, 6.07) is 24.6. The topological polar surface area (TPSA) is 103 Å². The number of methoxy groups -OCH3 is 1. The van der Waals surface area contributed by atoms with Crippen LogP contribution in [0.5, 0.6) is 11.6 Å². The molecule has 1 unspecified atom stereocenters. The molecule has 2 fully saturated rings. The molecule has 3 aliphatic rings. The van der Waals surface area contributed by atoms with Crippen LogP contribution in [0.3, 0.4) is 0 Å². The zero-order valence-corrected chi connectivity index (χ0v) is 30.3. The number of nitrogens with one attached hydrogen (secondary N) is 2. The van der Waals surface area contributed by atoms with Gasteiger partial charge in [-0.3, -0.25) is 0 Å². The number of benzene rings is 3. The van der Waals surface area contributed by atoms with Crippen LogP contribution in [-0.2, 0) is 20.8 Å². The van der Waals surface area contributed by atoms with E-state index >= 15 is 0 Å². The summed E-state index contributed by atoms with van der Waals surface area (Å²) in [4.78, 5) is 24.5. The van der Waals surface area contributed by atoms with Crippen LogP contribution >= 0.6 is 23.5 Å². The van der Waals surface area contributed by atoms with Gasteiger partial charge in [0.25, 0.3) is 0 Å². The highest BCUT2D eigenvalue weighted by atomic mass is 32.2. The number of carbonyl (C=O) groups excluding carboxylic acids is 1. The molecular formula is C38H42N4O6S2. The Morgan fingerprint density at radius 1 is 0.920 bits per heavy atom. The average molecular weight is 715 g/mol. The summed E-state index contributed by atoms with van der Waals surface area (Å²) in [7, 11) is 1.66. The lowest BCUT2D eigenvalue weighted by Crippen LogP contribution is -2.47. The lowest BCUT2D eigenvalue weighted by molar-refractivity contribution is 0.0497. The number of alkyl carbamates (subject to hydrolysis) is 1. The Kier molecular flexibility index (Phi) is 10.3. The first kappa shape index (κ1) is 34.4. The van der Waals surface area contributed by atoms with E-state index in [1.54, 1.807) is 30.6 Å². The number of nitrogens with zero attached hydrogens (tertiary/aromatic N) is 2. The van der Waals surface area contributed by atoms with Crippen molar-refractivity contribution in [3.05, 3.63) is 78.4 Å². The van der Waals surface area contributed by atoms with Crippen molar-refractivity contribution in [1.29, 1.82) is 0 Å². The maximum absolute atomic E-state index is 12.4. The molecule has 0 radical (unpaired) electrons. The van der Waals surface area contributed by atoms with Gasteiger partial charge in [-0.25, -0.2) is 9.78 Å². The molecule has 4 aromatic rings. The van der Waals surface area contributed by atoms with E-state index in [2.05, 4.69) is 58.0 Å². The minimum Gasteiger partial charge on any atom is -0.497 e. The third-order valence-electron chi connectivity index (χ3n) is 8.47. The van der Waals surface area contributed by atoms with Crippen molar-refractivity contribution in [2.75, 3.05) is 56.8 Å². The summed E-state index contributed by atoms with van der Waals surface area (Å²) in [5, 5.41) is 6.55. The number of morpholine rings is 1. The molecule has 50 heavy (non-hydrogen) atoms. The van der Waals surface area contributed by atoms with E-state index in [-0.39, 0.29) is 12.1 Å². The van der Waals surface area contributed by atoms with Crippen LogP contribution in [0.15, 0.2) is 92.4 Å². The standard InChI is InChI=1S/C38H42N4O6S2/c1-38(2,3)48-37(43)41-31-23-46-22-30(31)39-25-10-13-32-34(18-25)49-33-7-5-6-28(36(33)50-32)29-19-26(42-14-16-45-17-15-42)20-35(40-29)47-21-24-8-11-27(44-4)12-9-24/h5-13,18-20,30-31,39H,14-17,21-23H2,1-4H3,(H,41,43)/t30?,31-/m0/s1. The normalized spacial score (nSPS) is 18.5. The number of ether oxygens (including phenoxy) is 5. The van der Waals surface area contributed by atoms with Crippen LogP contribution in [0.25, 0.3) is 11.3 Å². The number of carbonyl (C=O) groups is 1. The van der Waals surface area contributed by atoms with Gasteiger partial charge in [-0.2, -0.15) is 0 Å². The highest BCUT2D eigenvalue weighted by Gasteiger charge is 2.32. The van der Waals surface area contributed by atoms with Gasteiger partial charge >= 0.3 is 6.09 Å². The molecule has 2 saturated heterocycles. The van der Waals surface area contributed by atoms with Gasteiger partial charge in [-0.15, -0.1) is 0 Å². The molecule has 0 bridgehead atoms. The number of pyridine rings is 1. The monoisotopic (exact) mass is 714 g/mol. The molecule has 1 amide bonds. The van der Waals surface area contributed by atoms with Crippen molar-refractivity contribution in [3.63, 3.8) is 0 Å². The van der Waals surface area contributed by atoms with Crippen molar-refractivity contribution >= 4 is 41.0 Å². The smallest absolute Gasteiger partial charge is 0.408 e. The summed E-state index contributed by atoms with van der Waals surface area (Å²) in [6.07, 6.45) is -0.439. The van der Waals surface area contributed by atoms with Crippen LogP contribution in [0.4, 0.5) is 16.2 Å². The highest BCUT2D eigenvalue weighted by molar-refractivity contribution is 8.05. The van der Waals surface area contributed by atoms with E-state index in [1.165, 1.54) is 19.6 Å². The molecule has 262 valence electrons. The summed E-state index contributed by atoms with van der Waals surface area (Å²) in [5.41, 5.74) is 4.45. The Hall–Kier alpha value is -4.10. The molecule has 12 heteroatoms. The maximum atomic E-state index is 12.4. The summed E-state index contributed by atoms with van der Waals surface area (Å²) in [5.74, 6) is 1.39. The minimum atomic E-state index is -0.564. The minimum absolute atomic E-state index is 0.0772. The molecule has 7 rings (SSSR count). The quantitative estimate of drug-likeness (QED) is 0.159. The second kappa shape index (κ2) is 15.0. The predicted octanol–water partition coefficient (Wildman–Crippen LogP) is 7.49. The molecule has 0 spiro atoms. The fraction of sp³-hybridized carbons (Fsp3) is 0.368. The van der Waals surface area contributed by atoms with E-state index in [1.807, 2.05) is 51.1 Å². The van der Waals surface area contributed by atoms with Crippen molar-refractivity contribution in [3.8, 4) is 22.9 Å². The molecule has 2 atom stereocenters. The predicted molar refractivity (Wildman–Crippen MR) is 196 cm³/mol. The van der Waals surface area contributed by atoms with Gasteiger partial charge in [0.15, 0.2) is 0 Å². The first-order chi connectivity index (χ1) is 24.2. The van der Waals surface area contributed by atoms with Crippen LogP contribution in [0.2, 0.25) is 0 Å². The van der Waals surface area contributed by atoms with Crippen molar-refractivity contribution in [1.82, 2.24) is 10.3 Å². The largest absolute Gasteiger partial charge is 0.497 e. The lowest BCUT2D eigenvalue weighted by atomic mass is 10.1. The maximum Gasteiger partial charge on any atom is 0.408 e. The van der Waals surface area contributed by atoms with Gasteiger partial charge in [0.2, 0.25) is 5.88 Å². The SMILES string of the molecule is COc1ccc(COc2cc(N3CCOCC3)cc(-c3cccc4c3Sc3ccc(NC5COC[C@@H]5NC(=O)OC(C)(C)C)cc3S4)n2)cc1. The summed E-state index contributed by atoms with van der Waals surface area (Å²) in [6.45, 7) is 9.89. The summed E-state index contributed by atoms with van der Waals surface area (Å²) < 4.78 is 28.4. The summed E-state index contributed by atoms with van der Waals surface area (Å²) >= 11 is 3.51. The number of hydrogen-bond donors (Lipinski definition) is 2. The highest BCUT2D eigenvalue weighted by Crippen LogP contribution is 2.52. The zero-order valence-electron chi connectivity index (χ0n) is 28.7. The third-order valence-corrected chi connectivity index (χ3v) is 11.1. The Labute approximate surface area is 301 Å². The molecule has 10 nitrogen and oxygen atoms in total. The second-order valence-electron chi connectivity index (χ2n) is 13.3. The fourth-order valence-corrected chi connectivity index (χ4v) is 8.40. The number of amides is 1. The van der Waals surface area contributed by atoms with Gasteiger partial charge in [0, 0.05) is 55.7 Å². The van der Waals surface area contributed by atoms with E-state index < -0.39 is 11.7 Å². The number of hydrogen-bond acceptors (Lipinski definition) is 11. The lowest BCUT2D eigenvalue weighted by Gasteiger charge is -2.29. The zero-order chi connectivity index (χ0) is 34.7. The van der Waals surface area contributed by atoms with Gasteiger partial charge < -0.3 is 39.2 Å². The van der Waals surface area contributed by atoms with E-state index in [0.717, 1.165) is 47.0 Å². The Bertz CT molecular complexity index is 1830. The molecule has 2 N–H and O–H groups in total. The fourth-order valence-electron chi connectivity index (χ4n) is 5.99. The van der Waals surface area contributed by atoms with Crippen LogP contribution in [-0.4, -0.2) is 75.4 Å². The molecule has 1 aromatic heterocycles. The number of anilines is 2. The molecular weight excluding hydrogens is 673 g/mol. The van der Waals surface area contributed by atoms with Crippen molar-refractivity contribution in [2.24, 2.45) is 0 Å². The van der Waals surface area contributed by atoms with Gasteiger partial charge in [0.05, 0.1) is 51.3 Å². The average Bonchev–Trinajstić information content (AvgIpc) is 3.54. The second-order valence-corrected chi connectivity index (χ2v) is 15.5. The number of rotatable bonds is 9. The van der Waals surface area contributed by atoms with E-state index in [9.17, 15) is 4.79 Å². The van der Waals surface area contributed by atoms with Crippen LogP contribution in [0, 0.1) is 0 Å². The van der Waals surface area contributed by atoms with E-state index in [0.29, 0.717) is 38.9 Å². The Balaban J connectivity index is 1.10. The first-order valence-electron chi connectivity index (χ1n) is 16.8. The van der Waals surface area contributed by atoms with Crippen LogP contribution < -0.4 is 25.0 Å². The Morgan fingerprint density at radius 3 is 2.50 bits per heavy atom. The Morgan fingerprint density at radius 2 is 1.72 bits per heavy atom. The molecule has 0 aliphatic carbocycles. The van der Waals surface area contributed by atoms with Crippen LogP contribution in [0.1, 0.15) is 26.3 Å². The first-order valence-corrected chi connectivity index (χ1v) is 18.4. The molecule has 3 aromatic carbocycles. The van der Waals surface area contributed by atoms with Crippen molar-refractivity contribution < 1.29 is 28.5 Å².